The quantitative estimate of drug-likeness (QED) is 0.868. The average molecular weight is 251 g/mol. The number of rotatable bonds is 4. The van der Waals surface area contributed by atoms with E-state index in [0.29, 0.717) is 12.5 Å². The van der Waals surface area contributed by atoms with Crippen molar-refractivity contribution in [2.75, 3.05) is 19.7 Å². The fraction of sp³-hybridized carbons (Fsp3) is 0.692. The highest BCUT2D eigenvalue weighted by atomic mass is 16.5. The van der Waals surface area contributed by atoms with Crippen molar-refractivity contribution in [3.63, 3.8) is 0 Å². The molecule has 1 fully saturated rings. The van der Waals surface area contributed by atoms with Crippen LogP contribution >= 0.6 is 0 Å². The minimum atomic E-state index is 0.0918. The maximum Gasteiger partial charge on any atom is 0.216 e. The molecule has 1 saturated heterocycles. The first-order chi connectivity index (χ1) is 8.67. The summed E-state index contributed by atoms with van der Waals surface area (Å²) >= 11 is 0. The number of hydrogen-bond donors (Lipinski definition) is 1. The van der Waals surface area contributed by atoms with Crippen LogP contribution in [0.25, 0.3) is 0 Å². The van der Waals surface area contributed by atoms with Gasteiger partial charge in [-0.15, -0.1) is 0 Å². The molecule has 0 spiro atoms. The predicted octanol–water partition coefficient (Wildman–Crippen LogP) is 1.10. The highest BCUT2D eigenvalue weighted by Gasteiger charge is 2.19. The van der Waals surface area contributed by atoms with Crippen LogP contribution in [0.5, 0.6) is 5.88 Å². The minimum absolute atomic E-state index is 0.0918. The first kappa shape index (κ1) is 13.2. The average Bonchev–Trinajstić information content (AvgIpc) is 2.36. The van der Waals surface area contributed by atoms with E-state index in [9.17, 15) is 0 Å². The standard InChI is InChI=1S/C13H21N3O2/c1-4-11-5-13(16-10(3)15-11)17-8-12-7-14-6-9(2)18-12/h5,9,12,14H,4,6-8H2,1-3H3. The fourth-order valence-electron chi connectivity index (χ4n) is 2.00. The molecule has 5 nitrogen and oxygen atoms in total. The summed E-state index contributed by atoms with van der Waals surface area (Å²) in [5.41, 5.74) is 1.01. The lowest BCUT2D eigenvalue weighted by Gasteiger charge is -2.28. The third kappa shape index (κ3) is 3.65. The summed E-state index contributed by atoms with van der Waals surface area (Å²) in [6, 6.07) is 1.90. The van der Waals surface area contributed by atoms with E-state index in [-0.39, 0.29) is 12.2 Å². The number of morpholine rings is 1. The van der Waals surface area contributed by atoms with Gasteiger partial charge in [0.15, 0.2) is 0 Å². The third-order valence-electron chi connectivity index (χ3n) is 2.88. The third-order valence-corrected chi connectivity index (χ3v) is 2.88. The largest absolute Gasteiger partial charge is 0.475 e. The molecule has 2 unspecified atom stereocenters. The molecule has 2 atom stereocenters. The molecule has 1 aromatic rings. The Labute approximate surface area is 108 Å². The Morgan fingerprint density at radius 2 is 2.28 bits per heavy atom. The van der Waals surface area contributed by atoms with E-state index in [1.54, 1.807) is 0 Å². The number of aryl methyl sites for hydroxylation is 2. The van der Waals surface area contributed by atoms with E-state index >= 15 is 0 Å². The molecule has 5 heteroatoms. The number of hydrogen-bond acceptors (Lipinski definition) is 5. The zero-order valence-corrected chi connectivity index (χ0v) is 11.3. The predicted molar refractivity (Wildman–Crippen MR) is 68.8 cm³/mol. The van der Waals surface area contributed by atoms with Crippen LogP contribution in [0.15, 0.2) is 6.07 Å². The molecule has 0 amide bonds. The molecule has 0 saturated carbocycles. The Kier molecular flexibility index (Phi) is 4.49. The molecular weight excluding hydrogens is 230 g/mol. The van der Waals surface area contributed by atoms with Crippen molar-refractivity contribution in [2.45, 2.75) is 39.4 Å². The first-order valence-corrected chi connectivity index (χ1v) is 6.51. The van der Waals surface area contributed by atoms with Gasteiger partial charge in [-0.05, 0) is 20.3 Å². The van der Waals surface area contributed by atoms with Crippen molar-refractivity contribution >= 4 is 0 Å². The highest BCUT2D eigenvalue weighted by Crippen LogP contribution is 2.11. The van der Waals surface area contributed by atoms with E-state index in [0.717, 1.165) is 31.0 Å². The molecule has 1 aliphatic heterocycles. The summed E-state index contributed by atoms with van der Waals surface area (Å²) in [6.07, 6.45) is 1.22. The Balaban J connectivity index is 1.91. The van der Waals surface area contributed by atoms with Crippen molar-refractivity contribution in [1.29, 1.82) is 0 Å². The minimum Gasteiger partial charge on any atom is -0.475 e. The zero-order valence-electron chi connectivity index (χ0n) is 11.3. The second-order valence-corrected chi connectivity index (χ2v) is 4.64. The van der Waals surface area contributed by atoms with Gasteiger partial charge in [0.2, 0.25) is 5.88 Å². The lowest BCUT2D eigenvalue weighted by Crippen LogP contribution is -2.45. The van der Waals surface area contributed by atoms with E-state index in [1.165, 1.54) is 0 Å². The van der Waals surface area contributed by atoms with Crippen molar-refractivity contribution in [3.8, 4) is 5.88 Å². The van der Waals surface area contributed by atoms with Gasteiger partial charge < -0.3 is 14.8 Å². The van der Waals surface area contributed by atoms with Crippen LogP contribution in [0.3, 0.4) is 0 Å². The summed E-state index contributed by atoms with van der Waals surface area (Å²) in [4.78, 5) is 8.60. The highest BCUT2D eigenvalue weighted by molar-refractivity contribution is 5.16. The van der Waals surface area contributed by atoms with Gasteiger partial charge in [0.25, 0.3) is 0 Å². The van der Waals surface area contributed by atoms with Crippen LogP contribution in [0.4, 0.5) is 0 Å². The van der Waals surface area contributed by atoms with Crippen LogP contribution in [0.1, 0.15) is 25.4 Å². The Morgan fingerprint density at radius 3 is 3.00 bits per heavy atom. The molecule has 100 valence electrons. The molecule has 1 aliphatic rings. The van der Waals surface area contributed by atoms with Gasteiger partial charge in [-0.3, -0.25) is 0 Å². The molecule has 1 N–H and O–H groups in total. The van der Waals surface area contributed by atoms with Crippen LogP contribution in [-0.2, 0) is 11.2 Å². The van der Waals surface area contributed by atoms with Crippen molar-refractivity contribution < 1.29 is 9.47 Å². The summed E-state index contributed by atoms with van der Waals surface area (Å²) in [7, 11) is 0. The van der Waals surface area contributed by atoms with Gasteiger partial charge >= 0.3 is 0 Å². The second-order valence-electron chi connectivity index (χ2n) is 4.64. The molecule has 2 rings (SSSR count). The Hall–Kier alpha value is -1.20. The van der Waals surface area contributed by atoms with Crippen LogP contribution in [0.2, 0.25) is 0 Å². The second kappa shape index (κ2) is 6.11. The van der Waals surface area contributed by atoms with Gasteiger partial charge in [0.05, 0.1) is 6.10 Å². The SMILES string of the molecule is CCc1cc(OCC2CNCC(C)O2)nc(C)n1. The van der Waals surface area contributed by atoms with Crippen LogP contribution in [-0.4, -0.2) is 41.9 Å². The lowest BCUT2D eigenvalue weighted by atomic mass is 10.2. The van der Waals surface area contributed by atoms with Gasteiger partial charge in [0.1, 0.15) is 18.5 Å². The first-order valence-electron chi connectivity index (χ1n) is 6.51. The van der Waals surface area contributed by atoms with Crippen molar-refractivity contribution in [3.05, 3.63) is 17.6 Å². The van der Waals surface area contributed by atoms with Crippen LogP contribution < -0.4 is 10.1 Å². The topological polar surface area (TPSA) is 56.3 Å². The molecule has 2 heterocycles. The molecule has 18 heavy (non-hydrogen) atoms. The Bertz CT molecular complexity index is 398. The van der Waals surface area contributed by atoms with Gasteiger partial charge in [-0.1, -0.05) is 6.92 Å². The summed E-state index contributed by atoms with van der Waals surface area (Å²) in [5, 5.41) is 3.32. The number of aromatic nitrogens is 2. The molecule has 0 aromatic carbocycles. The van der Waals surface area contributed by atoms with E-state index in [2.05, 4.69) is 29.1 Å². The van der Waals surface area contributed by atoms with E-state index < -0.39 is 0 Å². The summed E-state index contributed by atoms with van der Waals surface area (Å²) in [6.45, 7) is 8.27. The van der Waals surface area contributed by atoms with Gasteiger partial charge in [-0.2, -0.15) is 4.98 Å². The van der Waals surface area contributed by atoms with Crippen molar-refractivity contribution in [1.82, 2.24) is 15.3 Å². The molecule has 0 radical (unpaired) electrons. The smallest absolute Gasteiger partial charge is 0.216 e. The fourth-order valence-corrected chi connectivity index (χ4v) is 2.00. The number of ether oxygens (including phenoxy) is 2. The maximum atomic E-state index is 5.76. The summed E-state index contributed by atoms with van der Waals surface area (Å²) in [5.74, 6) is 1.39. The number of nitrogens with one attached hydrogen (secondary N) is 1. The Morgan fingerprint density at radius 1 is 1.44 bits per heavy atom. The molecule has 1 aromatic heterocycles. The monoisotopic (exact) mass is 251 g/mol. The molecular formula is C13H21N3O2. The van der Waals surface area contributed by atoms with E-state index in [4.69, 9.17) is 9.47 Å². The lowest BCUT2D eigenvalue weighted by molar-refractivity contribution is -0.0477. The zero-order chi connectivity index (χ0) is 13.0. The maximum absolute atomic E-state index is 5.76. The van der Waals surface area contributed by atoms with Gasteiger partial charge in [-0.25, -0.2) is 4.98 Å². The normalized spacial score (nSPS) is 23.9. The van der Waals surface area contributed by atoms with Crippen LogP contribution in [0, 0.1) is 6.92 Å². The van der Waals surface area contributed by atoms with Crippen molar-refractivity contribution in [2.24, 2.45) is 0 Å². The van der Waals surface area contributed by atoms with Gasteiger partial charge in [0, 0.05) is 24.8 Å². The molecule has 0 aliphatic carbocycles. The molecule has 0 bridgehead atoms. The van der Waals surface area contributed by atoms with E-state index in [1.807, 2.05) is 13.0 Å². The number of nitrogens with zero attached hydrogens (tertiary/aromatic N) is 2. The summed E-state index contributed by atoms with van der Waals surface area (Å²) < 4.78 is 11.5.